The minimum atomic E-state index is -1.82. The van der Waals surface area contributed by atoms with Crippen molar-refractivity contribution < 1.29 is 69.6 Å². The van der Waals surface area contributed by atoms with Gasteiger partial charge in [0.05, 0.1) is 25.4 Å². The fraction of sp³-hybridized carbons (Fsp3) is 1.00. The summed E-state index contributed by atoms with van der Waals surface area (Å²) in [5, 5.41) is 89.9. The minimum Gasteiger partial charge on any atom is -0.394 e. The molecule has 14 nitrogen and oxygen atoms in total. The molecule has 3 heterocycles. The lowest BCUT2D eigenvalue weighted by Crippen LogP contribution is -2.65. The largest absolute Gasteiger partial charge is 0.394 e. The average Bonchev–Trinajstić information content (AvgIpc) is 2.76. The maximum atomic E-state index is 10.6. The van der Waals surface area contributed by atoms with Crippen LogP contribution in [0, 0.1) is 0 Å². The van der Waals surface area contributed by atoms with Crippen molar-refractivity contribution >= 4 is 0 Å². The maximum Gasteiger partial charge on any atom is 0.187 e. The third-order valence-electron chi connectivity index (χ3n) is 5.94. The normalized spacial score (nSPS) is 52.7. The van der Waals surface area contributed by atoms with E-state index in [2.05, 4.69) is 0 Å². The summed E-state index contributed by atoms with van der Waals surface area (Å²) in [7, 11) is 0. The van der Waals surface area contributed by atoms with Gasteiger partial charge in [-0.1, -0.05) is 0 Å². The van der Waals surface area contributed by atoms with Crippen molar-refractivity contribution in [3.8, 4) is 0 Å². The molecule has 0 radical (unpaired) electrons. The summed E-state index contributed by atoms with van der Waals surface area (Å²) in [6.07, 6.45) is -20.4. The molecule has 0 bridgehead atoms. The van der Waals surface area contributed by atoms with Crippen molar-refractivity contribution in [1.29, 1.82) is 0 Å². The molecule has 0 aromatic rings. The van der Waals surface area contributed by atoms with Gasteiger partial charge in [-0.3, -0.25) is 0 Å². The molecule has 3 fully saturated rings. The van der Waals surface area contributed by atoms with Gasteiger partial charge in [-0.2, -0.15) is 0 Å². The molecule has 3 aliphatic heterocycles. The highest BCUT2D eigenvalue weighted by Gasteiger charge is 2.52. The second kappa shape index (κ2) is 10.8. The Morgan fingerprint density at radius 1 is 0.656 bits per heavy atom. The van der Waals surface area contributed by atoms with Crippen LogP contribution in [0.15, 0.2) is 0 Å². The molecule has 14 heteroatoms. The van der Waals surface area contributed by atoms with Crippen LogP contribution in [0.25, 0.3) is 0 Å². The number of aliphatic hydroxyl groups excluding tert-OH is 9. The van der Waals surface area contributed by atoms with Crippen LogP contribution in [0.4, 0.5) is 0 Å². The SMILES string of the molecule is C[C@H]1O[C@H](O[C@H]2[C@H](O)[C@@H](CO)O[C@H](O)[C@H]2O[C@H]2O[C@H](CO)[C@H](O)[C@H](O)[C@H]2O)[C@@H](O)C[C@@H]1O. The second-order valence-corrected chi connectivity index (χ2v) is 8.22. The van der Waals surface area contributed by atoms with Crippen molar-refractivity contribution in [3.63, 3.8) is 0 Å². The third kappa shape index (κ3) is 5.24. The first-order chi connectivity index (χ1) is 15.1. The molecule has 0 unspecified atom stereocenters. The molecule has 9 N–H and O–H groups in total. The second-order valence-electron chi connectivity index (χ2n) is 8.22. The molecule has 14 atom stereocenters. The van der Waals surface area contributed by atoms with Gasteiger partial charge >= 0.3 is 0 Å². The Balaban J connectivity index is 1.79. The zero-order chi connectivity index (χ0) is 23.7. The van der Waals surface area contributed by atoms with E-state index in [1.807, 2.05) is 0 Å². The highest BCUT2D eigenvalue weighted by Crippen LogP contribution is 2.32. The van der Waals surface area contributed by atoms with E-state index in [-0.39, 0.29) is 6.42 Å². The quantitative estimate of drug-likeness (QED) is 0.176. The van der Waals surface area contributed by atoms with Crippen LogP contribution >= 0.6 is 0 Å². The summed E-state index contributed by atoms with van der Waals surface area (Å²) < 4.78 is 27.0. The number of rotatable bonds is 6. The van der Waals surface area contributed by atoms with Crippen LogP contribution in [0.2, 0.25) is 0 Å². The van der Waals surface area contributed by atoms with Crippen LogP contribution in [0.3, 0.4) is 0 Å². The van der Waals surface area contributed by atoms with E-state index in [1.54, 1.807) is 6.92 Å². The Hall–Kier alpha value is -0.560. The van der Waals surface area contributed by atoms with Crippen LogP contribution in [-0.4, -0.2) is 145 Å². The van der Waals surface area contributed by atoms with Crippen molar-refractivity contribution in [1.82, 2.24) is 0 Å². The van der Waals surface area contributed by atoms with Crippen molar-refractivity contribution in [2.45, 2.75) is 99.4 Å². The van der Waals surface area contributed by atoms with Gasteiger partial charge in [0, 0.05) is 6.42 Å². The van der Waals surface area contributed by atoms with Gasteiger partial charge in [0.25, 0.3) is 0 Å². The molecule has 0 spiro atoms. The summed E-state index contributed by atoms with van der Waals surface area (Å²) in [5.74, 6) is 0. The molecule has 0 aliphatic carbocycles. The molecule has 32 heavy (non-hydrogen) atoms. The molecule has 3 rings (SSSR count). The predicted octanol–water partition coefficient (Wildman–Crippen LogP) is -5.52. The van der Waals surface area contributed by atoms with Crippen molar-refractivity contribution in [3.05, 3.63) is 0 Å². The predicted molar refractivity (Wildman–Crippen MR) is 98.5 cm³/mol. The van der Waals surface area contributed by atoms with E-state index < -0.39 is 99.2 Å². The standard InChI is InChI=1S/C18H32O14/c1-5-6(21)2-7(22)17(28-5)31-14-11(24)9(4-20)29-16(27)15(14)32-18-13(26)12(25)10(23)8(3-19)30-18/h5-27H,2-4H2,1H3/t5-,6+,7+,8-,9-,10+,11-,12+,13-,14+,15+,16+,17-,18-/m1/s1. The summed E-state index contributed by atoms with van der Waals surface area (Å²) >= 11 is 0. The number of ether oxygens (including phenoxy) is 5. The summed E-state index contributed by atoms with van der Waals surface area (Å²) in [4.78, 5) is 0. The first-order valence-electron chi connectivity index (χ1n) is 10.3. The smallest absolute Gasteiger partial charge is 0.187 e. The van der Waals surface area contributed by atoms with E-state index in [9.17, 15) is 46.0 Å². The number of aliphatic hydroxyl groups is 9. The zero-order valence-electron chi connectivity index (χ0n) is 17.3. The van der Waals surface area contributed by atoms with Gasteiger partial charge < -0.3 is 69.6 Å². The first kappa shape index (κ1) is 26.1. The fourth-order valence-electron chi connectivity index (χ4n) is 3.91. The Morgan fingerprint density at radius 3 is 1.88 bits per heavy atom. The molecule has 0 aromatic heterocycles. The highest BCUT2D eigenvalue weighted by atomic mass is 16.8. The maximum absolute atomic E-state index is 10.6. The van der Waals surface area contributed by atoms with Gasteiger partial charge in [0.1, 0.15) is 54.9 Å². The van der Waals surface area contributed by atoms with Crippen LogP contribution < -0.4 is 0 Å². The Bertz CT molecular complexity index is 594. The van der Waals surface area contributed by atoms with E-state index >= 15 is 0 Å². The van der Waals surface area contributed by atoms with Gasteiger partial charge in [-0.15, -0.1) is 0 Å². The Morgan fingerprint density at radius 2 is 1.25 bits per heavy atom. The molecule has 0 saturated carbocycles. The lowest BCUT2D eigenvalue weighted by Gasteiger charge is -2.47. The summed E-state index contributed by atoms with van der Waals surface area (Å²) in [6, 6.07) is 0. The lowest BCUT2D eigenvalue weighted by atomic mass is 9.96. The van der Waals surface area contributed by atoms with E-state index in [4.69, 9.17) is 23.7 Å². The molecule has 188 valence electrons. The van der Waals surface area contributed by atoms with Crippen molar-refractivity contribution in [2.24, 2.45) is 0 Å². The monoisotopic (exact) mass is 472 g/mol. The van der Waals surface area contributed by atoms with Crippen molar-refractivity contribution in [2.75, 3.05) is 13.2 Å². The highest BCUT2D eigenvalue weighted by molar-refractivity contribution is 4.95. The van der Waals surface area contributed by atoms with Crippen LogP contribution in [0.5, 0.6) is 0 Å². The topological polar surface area (TPSA) is 228 Å². The number of hydrogen-bond acceptors (Lipinski definition) is 14. The summed E-state index contributed by atoms with van der Waals surface area (Å²) in [6.45, 7) is 0.126. The van der Waals surface area contributed by atoms with E-state index in [1.165, 1.54) is 0 Å². The summed E-state index contributed by atoms with van der Waals surface area (Å²) in [5.41, 5.74) is 0. The van der Waals surface area contributed by atoms with E-state index in [0.717, 1.165) is 0 Å². The molecule has 3 saturated heterocycles. The molecular weight excluding hydrogens is 440 g/mol. The first-order valence-corrected chi connectivity index (χ1v) is 10.3. The number of hydrogen-bond donors (Lipinski definition) is 9. The molecule has 0 amide bonds. The zero-order valence-corrected chi connectivity index (χ0v) is 17.3. The average molecular weight is 472 g/mol. The van der Waals surface area contributed by atoms with E-state index in [0.29, 0.717) is 0 Å². The molecular formula is C18H32O14. The lowest BCUT2D eigenvalue weighted by molar-refractivity contribution is -0.382. The van der Waals surface area contributed by atoms with Gasteiger partial charge in [0.15, 0.2) is 18.9 Å². The van der Waals surface area contributed by atoms with Gasteiger partial charge in [-0.25, -0.2) is 0 Å². The van der Waals surface area contributed by atoms with Crippen LogP contribution in [0.1, 0.15) is 13.3 Å². The Kier molecular flexibility index (Phi) is 8.79. The fourth-order valence-corrected chi connectivity index (χ4v) is 3.91. The van der Waals surface area contributed by atoms with Crippen LogP contribution in [-0.2, 0) is 23.7 Å². The molecule has 3 aliphatic rings. The Labute approximate surface area is 183 Å². The third-order valence-corrected chi connectivity index (χ3v) is 5.94. The molecule has 0 aromatic carbocycles. The van der Waals surface area contributed by atoms with Gasteiger partial charge in [0.2, 0.25) is 0 Å². The van der Waals surface area contributed by atoms with Gasteiger partial charge in [-0.05, 0) is 6.92 Å². The minimum absolute atomic E-state index is 0.0879.